The van der Waals surface area contributed by atoms with Crippen LogP contribution in [0.15, 0.2) is 0 Å². The zero-order chi connectivity index (χ0) is 12.5. The standard InChI is InChI=1S/C14H28N2S/c1-12-4-5-14(10-12,11-15)16-7-6-13(2,3)17-9-8-16/h12H,4-11,15H2,1-3H3. The summed E-state index contributed by atoms with van der Waals surface area (Å²) in [5, 5.41) is 0. The smallest absolute Gasteiger partial charge is 0.0334 e. The van der Waals surface area contributed by atoms with E-state index >= 15 is 0 Å². The largest absolute Gasteiger partial charge is 0.329 e. The Labute approximate surface area is 111 Å². The van der Waals surface area contributed by atoms with Gasteiger partial charge in [-0.3, -0.25) is 4.90 Å². The monoisotopic (exact) mass is 256 g/mol. The average Bonchev–Trinajstić information content (AvgIpc) is 2.56. The van der Waals surface area contributed by atoms with Gasteiger partial charge in [0, 0.05) is 35.7 Å². The maximum atomic E-state index is 6.13. The van der Waals surface area contributed by atoms with Gasteiger partial charge < -0.3 is 5.73 Å². The van der Waals surface area contributed by atoms with E-state index in [1.54, 1.807) is 0 Å². The molecule has 0 bridgehead atoms. The van der Waals surface area contributed by atoms with E-state index in [0.29, 0.717) is 10.3 Å². The third kappa shape index (κ3) is 2.99. The number of hydrogen-bond acceptors (Lipinski definition) is 3. The van der Waals surface area contributed by atoms with Gasteiger partial charge in [0.25, 0.3) is 0 Å². The van der Waals surface area contributed by atoms with E-state index in [1.807, 2.05) is 0 Å². The summed E-state index contributed by atoms with van der Waals surface area (Å²) >= 11 is 2.13. The van der Waals surface area contributed by atoms with Crippen molar-refractivity contribution in [2.24, 2.45) is 11.7 Å². The molecule has 0 aromatic heterocycles. The lowest BCUT2D eigenvalue weighted by Crippen LogP contribution is -2.53. The molecule has 2 aliphatic rings. The first-order chi connectivity index (χ1) is 7.97. The van der Waals surface area contributed by atoms with Crippen molar-refractivity contribution in [1.82, 2.24) is 4.90 Å². The number of thioether (sulfide) groups is 1. The summed E-state index contributed by atoms with van der Waals surface area (Å²) in [7, 11) is 0. The molecule has 100 valence electrons. The molecule has 2 fully saturated rings. The number of hydrogen-bond donors (Lipinski definition) is 1. The van der Waals surface area contributed by atoms with Crippen LogP contribution in [0.1, 0.15) is 46.5 Å². The van der Waals surface area contributed by atoms with E-state index in [-0.39, 0.29) is 0 Å². The van der Waals surface area contributed by atoms with Gasteiger partial charge in [0.05, 0.1) is 0 Å². The molecule has 2 nitrogen and oxygen atoms in total. The molecular formula is C14H28N2S. The molecule has 1 saturated heterocycles. The van der Waals surface area contributed by atoms with Crippen LogP contribution < -0.4 is 5.73 Å². The lowest BCUT2D eigenvalue weighted by atomic mass is 9.93. The molecule has 17 heavy (non-hydrogen) atoms. The van der Waals surface area contributed by atoms with Crippen molar-refractivity contribution in [3.63, 3.8) is 0 Å². The van der Waals surface area contributed by atoms with Crippen LogP contribution >= 0.6 is 11.8 Å². The van der Waals surface area contributed by atoms with Crippen molar-refractivity contribution in [1.29, 1.82) is 0 Å². The second kappa shape index (κ2) is 5.10. The molecule has 1 aliphatic carbocycles. The predicted molar refractivity (Wildman–Crippen MR) is 77.5 cm³/mol. The molecular weight excluding hydrogens is 228 g/mol. The Morgan fingerprint density at radius 2 is 2.06 bits per heavy atom. The Balaban J connectivity index is 2.05. The van der Waals surface area contributed by atoms with Gasteiger partial charge in [-0.05, 0) is 31.6 Å². The van der Waals surface area contributed by atoms with E-state index in [1.165, 1.54) is 44.5 Å². The van der Waals surface area contributed by atoms with E-state index < -0.39 is 0 Å². The Bertz CT molecular complexity index is 267. The normalized spacial score (nSPS) is 39.2. The molecule has 0 aromatic rings. The predicted octanol–water partition coefficient (Wildman–Crippen LogP) is 2.72. The van der Waals surface area contributed by atoms with Crippen LogP contribution in [0.2, 0.25) is 0 Å². The van der Waals surface area contributed by atoms with Gasteiger partial charge >= 0.3 is 0 Å². The molecule has 1 saturated carbocycles. The fourth-order valence-electron chi connectivity index (χ4n) is 3.46. The van der Waals surface area contributed by atoms with Crippen LogP contribution in [0, 0.1) is 5.92 Å². The Hall–Kier alpha value is 0.270. The first-order valence-corrected chi connectivity index (χ1v) is 8.05. The quantitative estimate of drug-likeness (QED) is 0.824. The number of nitrogens with zero attached hydrogens (tertiary/aromatic N) is 1. The molecule has 0 spiro atoms. The zero-order valence-corrected chi connectivity index (χ0v) is 12.5. The van der Waals surface area contributed by atoms with Crippen molar-refractivity contribution in [3.8, 4) is 0 Å². The second-order valence-corrected chi connectivity index (χ2v) is 8.42. The molecule has 2 rings (SSSR count). The summed E-state index contributed by atoms with van der Waals surface area (Å²) in [6.45, 7) is 10.5. The van der Waals surface area contributed by atoms with Crippen LogP contribution in [0.3, 0.4) is 0 Å². The minimum atomic E-state index is 0.334. The van der Waals surface area contributed by atoms with Crippen molar-refractivity contribution in [2.75, 3.05) is 25.4 Å². The zero-order valence-electron chi connectivity index (χ0n) is 11.7. The van der Waals surface area contributed by atoms with E-state index in [9.17, 15) is 0 Å². The van der Waals surface area contributed by atoms with Crippen molar-refractivity contribution < 1.29 is 0 Å². The maximum Gasteiger partial charge on any atom is 0.0334 e. The molecule has 2 atom stereocenters. The van der Waals surface area contributed by atoms with Gasteiger partial charge in [0.15, 0.2) is 0 Å². The van der Waals surface area contributed by atoms with Crippen LogP contribution in [0.5, 0.6) is 0 Å². The second-order valence-electron chi connectivity index (χ2n) is 6.62. The fraction of sp³-hybridized carbons (Fsp3) is 1.00. The summed E-state index contributed by atoms with van der Waals surface area (Å²) in [5.41, 5.74) is 6.47. The van der Waals surface area contributed by atoms with Crippen molar-refractivity contribution in [3.05, 3.63) is 0 Å². The summed E-state index contributed by atoms with van der Waals surface area (Å²) in [6, 6.07) is 0. The van der Waals surface area contributed by atoms with Gasteiger partial charge in [-0.15, -0.1) is 0 Å². The lowest BCUT2D eigenvalue weighted by molar-refractivity contribution is 0.102. The number of nitrogens with two attached hydrogens (primary N) is 1. The highest BCUT2D eigenvalue weighted by atomic mass is 32.2. The highest BCUT2D eigenvalue weighted by molar-refractivity contribution is 8.00. The Kier molecular flexibility index (Phi) is 4.11. The van der Waals surface area contributed by atoms with Gasteiger partial charge in [-0.1, -0.05) is 20.8 Å². The molecule has 0 radical (unpaired) electrons. The van der Waals surface area contributed by atoms with Crippen LogP contribution in [0.4, 0.5) is 0 Å². The summed E-state index contributed by atoms with van der Waals surface area (Å²) in [5.74, 6) is 2.13. The average molecular weight is 256 g/mol. The van der Waals surface area contributed by atoms with E-state index in [2.05, 4.69) is 37.4 Å². The van der Waals surface area contributed by atoms with Crippen molar-refractivity contribution >= 4 is 11.8 Å². The molecule has 1 aliphatic heterocycles. The first kappa shape index (κ1) is 13.7. The first-order valence-electron chi connectivity index (χ1n) is 7.07. The Morgan fingerprint density at radius 1 is 1.29 bits per heavy atom. The molecule has 1 heterocycles. The van der Waals surface area contributed by atoms with Crippen LogP contribution in [0.25, 0.3) is 0 Å². The minimum Gasteiger partial charge on any atom is -0.329 e. The maximum absolute atomic E-state index is 6.13. The van der Waals surface area contributed by atoms with Gasteiger partial charge in [-0.2, -0.15) is 11.8 Å². The fourth-order valence-corrected chi connectivity index (χ4v) is 4.56. The highest BCUT2D eigenvalue weighted by Gasteiger charge is 2.42. The molecule has 2 N–H and O–H groups in total. The lowest BCUT2D eigenvalue weighted by Gasteiger charge is -2.40. The number of rotatable bonds is 2. The van der Waals surface area contributed by atoms with E-state index in [0.717, 1.165) is 12.5 Å². The highest BCUT2D eigenvalue weighted by Crippen LogP contribution is 2.41. The van der Waals surface area contributed by atoms with Crippen molar-refractivity contribution in [2.45, 2.75) is 56.7 Å². The molecule has 0 aromatic carbocycles. The minimum absolute atomic E-state index is 0.334. The third-order valence-electron chi connectivity index (χ3n) is 4.72. The summed E-state index contributed by atoms with van der Waals surface area (Å²) in [6.07, 6.45) is 5.29. The van der Waals surface area contributed by atoms with Crippen LogP contribution in [-0.4, -0.2) is 40.6 Å². The molecule has 3 heteroatoms. The SMILES string of the molecule is CC1CCC(CN)(N2CCSC(C)(C)CC2)C1. The topological polar surface area (TPSA) is 29.3 Å². The molecule has 0 amide bonds. The van der Waals surface area contributed by atoms with Gasteiger partial charge in [-0.25, -0.2) is 0 Å². The van der Waals surface area contributed by atoms with Crippen LogP contribution in [-0.2, 0) is 0 Å². The van der Waals surface area contributed by atoms with E-state index in [4.69, 9.17) is 5.73 Å². The molecule has 2 unspecified atom stereocenters. The van der Waals surface area contributed by atoms with Gasteiger partial charge in [0.2, 0.25) is 0 Å². The third-order valence-corrected chi connectivity index (χ3v) is 6.09. The summed E-state index contributed by atoms with van der Waals surface area (Å²) < 4.78 is 0.453. The summed E-state index contributed by atoms with van der Waals surface area (Å²) in [4.78, 5) is 2.72. The van der Waals surface area contributed by atoms with Gasteiger partial charge in [0.1, 0.15) is 0 Å². The Morgan fingerprint density at radius 3 is 2.65 bits per heavy atom.